The minimum atomic E-state index is 0.764. The van der Waals surface area contributed by atoms with E-state index in [-0.39, 0.29) is 0 Å². The van der Waals surface area contributed by atoms with Gasteiger partial charge in [-0.15, -0.1) is 11.3 Å². The fraction of sp³-hybridized carbons (Fsp3) is 0. The van der Waals surface area contributed by atoms with Crippen molar-refractivity contribution in [1.29, 1.82) is 0 Å². The fourth-order valence-corrected chi connectivity index (χ4v) is 2.32. The lowest BCUT2D eigenvalue weighted by Gasteiger charge is -1.92. The van der Waals surface area contributed by atoms with E-state index >= 15 is 0 Å². The van der Waals surface area contributed by atoms with Crippen LogP contribution in [0.5, 0.6) is 0 Å². The van der Waals surface area contributed by atoms with E-state index in [4.69, 9.17) is 4.52 Å². The molecule has 0 N–H and O–H groups in total. The highest BCUT2D eigenvalue weighted by molar-refractivity contribution is 7.18. The maximum atomic E-state index is 5.09. The normalized spacial score (nSPS) is 10.5. The molecule has 4 heteroatoms. The summed E-state index contributed by atoms with van der Waals surface area (Å²) in [6.45, 7) is 0. The SMILES string of the molecule is c1ccc(-c2ncc(-c3ccno3)s2)cc1. The monoisotopic (exact) mass is 228 g/mol. The van der Waals surface area contributed by atoms with Crippen LogP contribution in [0.2, 0.25) is 0 Å². The van der Waals surface area contributed by atoms with Gasteiger partial charge in [-0.05, 0) is 0 Å². The zero-order chi connectivity index (χ0) is 10.8. The molecule has 0 unspecified atom stereocenters. The second kappa shape index (κ2) is 3.90. The molecule has 0 bridgehead atoms. The summed E-state index contributed by atoms with van der Waals surface area (Å²) in [5.74, 6) is 0.764. The lowest BCUT2D eigenvalue weighted by molar-refractivity contribution is 0.433. The Labute approximate surface area is 96.4 Å². The highest BCUT2D eigenvalue weighted by Gasteiger charge is 2.08. The molecular weight excluding hydrogens is 220 g/mol. The Bertz CT molecular complexity index is 572. The predicted molar refractivity (Wildman–Crippen MR) is 63.0 cm³/mol. The second-order valence-corrected chi connectivity index (χ2v) is 4.30. The third kappa shape index (κ3) is 1.63. The second-order valence-electron chi connectivity index (χ2n) is 3.27. The van der Waals surface area contributed by atoms with E-state index in [2.05, 4.69) is 10.1 Å². The van der Waals surface area contributed by atoms with Gasteiger partial charge in [-0.2, -0.15) is 0 Å². The number of rotatable bonds is 2. The average molecular weight is 228 g/mol. The first-order valence-electron chi connectivity index (χ1n) is 4.86. The molecule has 16 heavy (non-hydrogen) atoms. The standard InChI is InChI=1S/C12H8N2OS/c1-2-4-9(5-3-1)12-13-8-11(16-12)10-6-7-14-15-10/h1-8H. The molecule has 3 aromatic rings. The minimum Gasteiger partial charge on any atom is -0.355 e. The van der Waals surface area contributed by atoms with Crippen molar-refractivity contribution >= 4 is 11.3 Å². The largest absolute Gasteiger partial charge is 0.355 e. The molecule has 0 atom stereocenters. The third-order valence-electron chi connectivity index (χ3n) is 2.21. The first-order chi connectivity index (χ1) is 7.93. The van der Waals surface area contributed by atoms with E-state index in [0.29, 0.717) is 0 Å². The molecule has 2 aromatic heterocycles. The molecule has 1 aromatic carbocycles. The molecule has 3 rings (SSSR count). The molecule has 2 heterocycles. The van der Waals surface area contributed by atoms with Crippen LogP contribution >= 0.6 is 11.3 Å². The Hall–Kier alpha value is -1.94. The van der Waals surface area contributed by atoms with E-state index in [1.807, 2.05) is 42.6 Å². The molecule has 78 valence electrons. The van der Waals surface area contributed by atoms with Crippen molar-refractivity contribution < 1.29 is 4.52 Å². The Balaban J connectivity index is 2.00. The van der Waals surface area contributed by atoms with Crippen molar-refractivity contribution in [2.24, 2.45) is 0 Å². The van der Waals surface area contributed by atoms with Gasteiger partial charge in [0.05, 0.1) is 11.1 Å². The first-order valence-corrected chi connectivity index (χ1v) is 5.67. The van der Waals surface area contributed by atoms with Gasteiger partial charge in [0, 0.05) is 17.8 Å². The van der Waals surface area contributed by atoms with Crippen molar-refractivity contribution in [3.8, 4) is 21.2 Å². The van der Waals surface area contributed by atoms with E-state index in [1.54, 1.807) is 17.5 Å². The Kier molecular flexibility index (Phi) is 2.27. The molecule has 0 aliphatic heterocycles. The number of nitrogens with zero attached hydrogens (tertiary/aromatic N) is 2. The molecule has 0 aliphatic rings. The molecule has 0 amide bonds. The molecular formula is C12H8N2OS. The summed E-state index contributed by atoms with van der Waals surface area (Å²) in [5, 5.41) is 4.68. The van der Waals surface area contributed by atoms with Crippen LogP contribution in [0, 0.1) is 0 Å². The van der Waals surface area contributed by atoms with E-state index in [9.17, 15) is 0 Å². The molecule has 0 radical (unpaired) electrons. The number of benzene rings is 1. The van der Waals surface area contributed by atoms with Crippen LogP contribution < -0.4 is 0 Å². The minimum absolute atomic E-state index is 0.764. The number of hydrogen-bond acceptors (Lipinski definition) is 4. The summed E-state index contributed by atoms with van der Waals surface area (Å²) in [7, 11) is 0. The van der Waals surface area contributed by atoms with Crippen molar-refractivity contribution in [1.82, 2.24) is 10.1 Å². The predicted octanol–water partition coefficient (Wildman–Crippen LogP) is 3.47. The van der Waals surface area contributed by atoms with Gasteiger partial charge >= 0.3 is 0 Å². The van der Waals surface area contributed by atoms with Crippen molar-refractivity contribution in [3.63, 3.8) is 0 Å². The smallest absolute Gasteiger partial charge is 0.178 e. The summed E-state index contributed by atoms with van der Waals surface area (Å²) in [5.41, 5.74) is 1.12. The van der Waals surface area contributed by atoms with Gasteiger partial charge in [-0.3, -0.25) is 0 Å². The number of hydrogen-bond donors (Lipinski definition) is 0. The Morgan fingerprint density at radius 2 is 1.94 bits per heavy atom. The van der Waals surface area contributed by atoms with Gasteiger partial charge in [0.1, 0.15) is 5.01 Å². The number of aromatic nitrogens is 2. The van der Waals surface area contributed by atoms with Crippen molar-refractivity contribution in [2.75, 3.05) is 0 Å². The van der Waals surface area contributed by atoms with Gasteiger partial charge < -0.3 is 4.52 Å². The summed E-state index contributed by atoms with van der Waals surface area (Å²) >= 11 is 1.60. The molecule has 0 saturated heterocycles. The van der Waals surface area contributed by atoms with Crippen LogP contribution in [0.3, 0.4) is 0 Å². The number of thiazole rings is 1. The summed E-state index contributed by atoms with van der Waals surface area (Å²) < 4.78 is 5.09. The zero-order valence-electron chi connectivity index (χ0n) is 8.33. The maximum absolute atomic E-state index is 5.09. The maximum Gasteiger partial charge on any atom is 0.178 e. The van der Waals surface area contributed by atoms with Gasteiger partial charge in [-0.25, -0.2) is 4.98 Å². The lowest BCUT2D eigenvalue weighted by Crippen LogP contribution is -1.71. The van der Waals surface area contributed by atoms with Crippen LogP contribution in [-0.2, 0) is 0 Å². The summed E-state index contributed by atoms with van der Waals surface area (Å²) in [6, 6.07) is 11.9. The Morgan fingerprint density at radius 1 is 1.06 bits per heavy atom. The molecule has 0 spiro atoms. The first kappa shape index (κ1) is 9.30. The van der Waals surface area contributed by atoms with Crippen LogP contribution in [0.15, 0.2) is 53.3 Å². The topological polar surface area (TPSA) is 38.9 Å². The average Bonchev–Trinajstić information content (AvgIpc) is 3.01. The third-order valence-corrected chi connectivity index (χ3v) is 3.27. The van der Waals surface area contributed by atoms with Crippen molar-refractivity contribution in [3.05, 3.63) is 48.8 Å². The fourth-order valence-electron chi connectivity index (χ4n) is 1.45. The van der Waals surface area contributed by atoms with E-state index in [0.717, 1.165) is 21.2 Å². The van der Waals surface area contributed by atoms with Gasteiger partial charge in [0.2, 0.25) is 0 Å². The van der Waals surface area contributed by atoms with Crippen molar-refractivity contribution in [2.45, 2.75) is 0 Å². The lowest BCUT2D eigenvalue weighted by atomic mass is 10.2. The molecule has 3 nitrogen and oxygen atoms in total. The summed E-state index contributed by atoms with van der Waals surface area (Å²) in [6.07, 6.45) is 3.45. The van der Waals surface area contributed by atoms with Gasteiger partial charge in [0.25, 0.3) is 0 Å². The van der Waals surface area contributed by atoms with Crippen LogP contribution in [-0.4, -0.2) is 10.1 Å². The highest BCUT2D eigenvalue weighted by atomic mass is 32.1. The molecule has 0 aliphatic carbocycles. The van der Waals surface area contributed by atoms with Crippen LogP contribution in [0.4, 0.5) is 0 Å². The zero-order valence-corrected chi connectivity index (χ0v) is 9.15. The highest BCUT2D eigenvalue weighted by Crippen LogP contribution is 2.31. The Morgan fingerprint density at radius 3 is 2.69 bits per heavy atom. The van der Waals surface area contributed by atoms with Gasteiger partial charge in [-0.1, -0.05) is 35.5 Å². The quantitative estimate of drug-likeness (QED) is 0.674. The molecule has 0 fully saturated rings. The summed E-state index contributed by atoms with van der Waals surface area (Å²) in [4.78, 5) is 5.37. The van der Waals surface area contributed by atoms with Crippen LogP contribution in [0.1, 0.15) is 0 Å². The van der Waals surface area contributed by atoms with Gasteiger partial charge in [0.15, 0.2) is 5.76 Å². The van der Waals surface area contributed by atoms with E-state index < -0.39 is 0 Å². The molecule has 0 saturated carbocycles. The van der Waals surface area contributed by atoms with E-state index in [1.165, 1.54) is 0 Å². The van der Waals surface area contributed by atoms with Crippen LogP contribution in [0.25, 0.3) is 21.2 Å².